The van der Waals surface area contributed by atoms with Crippen molar-refractivity contribution in [3.63, 3.8) is 0 Å². The summed E-state index contributed by atoms with van der Waals surface area (Å²) in [5, 5.41) is 25.3. The Kier molecular flexibility index (Phi) is 4.78. The lowest BCUT2D eigenvalue weighted by Crippen LogP contribution is -2.43. The molecule has 7 nitrogen and oxygen atoms in total. The van der Waals surface area contributed by atoms with Crippen molar-refractivity contribution in [1.29, 1.82) is 0 Å². The molecule has 0 saturated carbocycles. The standard InChI is InChI=1S/C11H16BN5O2/c13-16-15-11-6-9(5-10(7-11)12(18)19)8-17-3-1-14-2-4-17/h5-7,14,18-19H,1-4,8H2. The first-order chi connectivity index (χ1) is 9.19. The van der Waals surface area contributed by atoms with Gasteiger partial charge in [-0.05, 0) is 22.6 Å². The minimum Gasteiger partial charge on any atom is -0.423 e. The Morgan fingerprint density at radius 2 is 2.05 bits per heavy atom. The van der Waals surface area contributed by atoms with Crippen LogP contribution in [0.15, 0.2) is 23.3 Å². The predicted molar refractivity (Wildman–Crippen MR) is 73.2 cm³/mol. The van der Waals surface area contributed by atoms with Gasteiger partial charge in [0.2, 0.25) is 0 Å². The summed E-state index contributed by atoms with van der Waals surface area (Å²) in [5.74, 6) is 0. The maximum Gasteiger partial charge on any atom is 0.488 e. The number of hydrogen-bond acceptors (Lipinski definition) is 5. The number of azide groups is 1. The minimum absolute atomic E-state index is 0.343. The average molecular weight is 261 g/mol. The highest BCUT2D eigenvalue weighted by molar-refractivity contribution is 6.58. The van der Waals surface area contributed by atoms with E-state index in [9.17, 15) is 10.0 Å². The zero-order chi connectivity index (χ0) is 13.7. The number of piperazine rings is 1. The molecule has 0 aromatic heterocycles. The zero-order valence-corrected chi connectivity index (χ0v) is 10.5. The van der Waals surface area contributed by atoms with Gasteiger partial charge in [0, 0.05) is 43.3 Å². The molecule has 1 aromatic carbocycles. The fourth-order valence-electron chi connectivity index (χ4n) is 2.18. The highest BCUT2D eigenvalue weighted by Crippen LogP contribution is 2.15. The molecule has 0 bridgehead atoms. The van der Waals surface area contributed by atoms with Gasteiger partial charge in [0.1, 0.15) is 0 Å². The van der Waals surface area contributed by atoms with Crippen molar-refractivity contribution in [1.82, 2.24) is 10.2 Å². The fourth-order valence-corrected chi connectivity index (χ4v) is 2.18. The summed E-state index contributed by atoms with van der Waals surface area (Å²) in [4.78, 5) is 5.00. The highest BCUT2D eigenvalue weighted by Gasteiger charge is 2.15. The summed E-state index contributed by atoms with van der Waals surface area (Å²) in [6.45, 7) is 4.50. The van der Waals surface area contributed by atoms with Crippen molar-refractivity contribution >= 4 is 18.3 Å². The first-order valence-electron chi connectivity index (χ1n) is 6.17. The van der Waals surface area contributed by atoms with Gasteiger partial charge in [-0.25, -0.2) is 0 Å². The van der Waals surface area contributed by atoms with E-state index in [2.05, 4.69) is 20.2 Å². The number of hydrogen-bond donors (Lipinski definition) is 3. The van der Waals surface area contributed by atoms with Crippen LogP contribution in [-0.4, -0.2) is 48.2 Å². The molecular formula is C11H16BN5O2. The van der Waals surface area contributed by atoms with Crippen molar-refractivity contribution in [2.75, 3.05) is 26.2 Å². The maximum absolute atomic E-state index is 9.24. The van der Waals surface area contributed by atoms with Crippen molar-refractivity contribution in [2.24, 2.45) is 5.11 Å². The lowest BCUT2D eigenvalue weighted by molar-refractivity contribution is 0.233. The summed E-state index contributed by atoms with van der Waals surface area (Å²) in [6, 6.07) is 4.97. The van der Waals surface area contributed by atoms with Gasteiger partial charge in [0.05, 0.1) is 0 Å². The quantitative estimate of drug-likeness (QED) is 0.300. The van der Waals surface area contributed by atoms with E-state index < -0.39 is 7.12 Å². The second-order valence-corrected chi connectivity index (χ2v) is 4.52. The van der Waals surface area contributed by atoms with E-state index in [4.69, 9.17) is 5.53 Å². The lowest BCUT2D eigenvalue weighted by Gasteiger charge is -2.27. The Labute approximate surface area is 111 Å². The zero-order valence-electron chi connectivity index (χ0n) is 10.5. The summed E-state index contributed by atoms with van der Waals surface area (Å²) >= 11 is 0. The largest absolute Gasteiger partial charge is 0.488 e. The van der Waals surface area contributed by atoms with E-state index in [1.54, 1.807) is 12.1 Å². The molecule has 100 valence electrons. The predicted octanol–water partition coefficient (Wildman–Crippen LogP) is -0.287. The normalized spacial score (nSPS) is 15.9. The van der Waals surface area contributed by atoms with Crippen LogP contribution in [0.25, 0.3) is 10.4 Å². The molecule has 0 unspecified atom stereocenters. The molecule has 0 aliphatic carbocycles. The van der Waals surface area contributed by atoms with Gasteiger partial charge < -0.3 is 15.4 Å². The molecule has 1 aliphatic rings. The molecule has 3 N–H and O–H groups in total. The van der Waals surface area contributed by atoms with Gasteiger partial charge in [0.15, 0.2) is 0 Å². The molecule has 8 heteroatoms. The molecule has 1 aliphatic heterocycles. The smallest absolute Gasteiger partial charge is 0.423 e. The van der Waals surface area contributed by atoms with E-state index in [-0.39, 0.29) is 0 Å². The lowest BCUT2D eigenvalue weighted by atomic mass is 9.79. The number of nitrogens with zero attached hydrogens (tertiary/aromatic N) is 4. The first-order valence-corrected chi connectivity index (χ1v) is 6.17. The molecule has 0 amide bonds. The summed E-state index contributed by atoms with van der Waals surface area (Å²) in [5.41, 5.74) is 10.1. The number of nitrogens with one attached hydrogen (secondary N) is 1. The minimum atomic E-state index is -1.56. The third kappa shape index (κ3) is 3.95. The second kappa shape index (κ2) is 6.56. The molecule has 0 radical (unpaired) electrons. The van der Waals surface area contributed by atoms with Gasteiger partial charge in [-0.3, -0.25) is 4.90 Å². The Hall–Kier alpha value is -1.57. The van der Waals surface area contributed by atoms with Crippen molar-refractivity contribution in [2.45, 2.75) is 6.54 Å². The Bertz CT molecular complexity index is 484. The molecule has 19 heavy (non-hydrogen) atoms. The highest BCUT2D eigenvalue weighted by atomic mass is 16.4. The number of benzene rings is 1. The molecule has 1 aromatic rings. The molecule has 2 rings (SSSR count). The van der Waals surface area contributed by atoms with E-state index >= 15 is 0 Å². The Balaban J connectivity index is 2.20. The van der Waals surface area contributed by atoms with E-state index in [0.717, 1.165) is 31.7 Å². The van der Waals surface area contributed by atoms with Crippen molar-refractivity contribution < 1.29 is 10.0 Å². The molecular weight excluding hydrogens is 245 g/mol. The van der Waals surface area contributed by atoms with E-state index in [1.807, 2.05) is 0 Å². The van der Waals surface area contributed by atoms with Crippen LogP contribution in [-0.2, 0) is 6.54 Å². The van der Waals surface area contributed by atoms with Crippen LogP contribution in [0, 0.1) is 0 Å². The van der Waals surface area contributed by atoms with E-state index in [0.29, 0.717) is 17.7 Å². The Morgan fingerprint density at radius 3 is 2.68 bits per heavy atom. The summed E-state index contributed by atoms with van der Waals surface area (Å²) in [7, 11) is -1.56. The third-order valence-electron chi connectivity index (χ3n) is 3.07. The summed E-state index contributed by atoms with van der Waals surface area (Å²) in [6.07, 6.45) is 0. The monoisotopic (exact) mass is 261 g/mol. The third-order valence-corrected chi connectivity index (χ3v) is 3.07. The van der Waals surface area contributed by atoms with Crippen LogP contribution in [0.1, 0.15) is 5.56 Å². The van der Waals surface area contributed by atoms with Gasteiger partial charge in [-0.1, -0.05) is 17.2 Å². The van der Waals surface area contributed by atoms with Gasteiger partial charge in [-0.2, -0.15) is 0 Å². The first kappa shape index (κ1) is 13.9. The fraction of sp³-hybridized carbons (Fsp3) is 0.455. The van der Waals surface area contributed by atoms with E-state index in [1.165, 1.54) is 6.07 Å². The molecule has 0 atom stereocenters. The topological polar surface area (TPSA) is 104 Å². The van der Waals surface area contributed by atoms with Crippen molar-refractivity contribution in [3.8, 4) is 0 Å². The molecule has 0 spiro atoms. The van der Waals surface area contributed by atoms with Crippen LogP contribution in [0.3, 0.4) is 0 Å². The molecule has 1 heterocycles. The van der Waals surface area contributed by atoms with Crippen LogP contribution >= 0.6 is 0 Å². The average Bonchev–Trinajstić information content (AvgIpc) is 2.40. The SMILES string of the molecule is [N-]=[N+]=Nc1cc(CN2CCNCC2)cc(B(O)O)c1. The van der Waals surface area contributed by atoms with Crippen LogP contribution in [0.5, 0.6) is 0 Å². The Morgan fingerprint density at radius 1 is 1.32 bits per heavy atom. The molecule has 1 fully saturated rings. The van der Waals surface area contributed by atoms with Crippen LogP contribution in [0.4, 0.5) is 5.69 Å². The second-order valence-electron chi connectivity index (χ2n) is 4.52. The summed E-state index contributed by atoms with van der Waals surface area (Å²) < 4.78 is 0. The van der Waals surface area contributed by atoms with Gasteiger partial charge >= 0.3 is 7.12 Å². The van der Waals surface area contributed by atoms with Crippen molar-refractivity contribution in [3.05, 3.63) is 34.2 Å². The maximum atomic E-state index is 9.24. The molecule has 1 saturated heterocycles. The van der Waals surface area contributed by atoms with Gasteiger partial charge in [0.25, 0.3) is 0 Å². The van der Waals surface area contributed by atoms with Crippen LogP contribution in [0.2, 0.25) is 0 Å². The van der Waals surface area contributed by atoms with Gasteiger partial charge in [-0.15, -0.1) is 0 Å². The number of rotatable bonds is 4. The van der Waals surface area contributed by atoms with Crippen LogP contribution < -0.4 is 10.8 Å².